The number of amides is 1. The highest BCUT2D eigenvalue weighted by Crippen LogP contribution is 2.20. The summed E-state index contributed by atoms with van der Waals surface area (Å²) < 4.78 is 0. The summed E-state index contributed by atoms with van der Waals surface area (Å²) >= 11 is 0. The van der Waals surface area contributed by atoms with Gasteiger partial charge in [0.15, 0.2) is 0 Å². The fourth-order valence-electron chi connectivity index (χ4n) is 1.29. The Labute approximate surface area is 69.9 Å². The van der Waals surface area contributed by atoms with Gasteiger partial charge in [0.2, 0.25) is 5.91 Å². The molecule has 1 saturated heterocycles. The SMILES string of the molecule is CC[C@H](C(N)C(=O)O)C1NC1=O. The molecule has 1 heterocycles. The zero-order chi connectivity index (χ0) is 9.30. The molecule has 1 aliphatic heterocycles. The molecule has 5 nitrogen and oxygen atoms in total. The van der Waals surface area contributed by atoms with Crippen molar-refractivity contribution in [2.75, 3.05) is 0 Å². The number of nitrogens with two attached hydrogens (primary N) is 1. The Balaban J connectivity index is 2.56. The van der Waals surface area contributed by atoms with Crippen molar-refractivity contribution in [3.63, 3.8) is 0 Å². The van der Waals surface area contributed by atoms with Gasteiger partial charge in [-0.2, -0.15) is 0 Å². The minimum absolute atomic E-state index is 0.0986. The van der Waals surface area contributed by atoms with Gasteiger partial charge in [-0.3, -0.25) is 9.59 Å². The first-order valence-corrected chi connectivity index (χ1v) is 3.86. The summed E-state index contributed by atoms with van der Waals surface area (Å²) in [5, 5.41) is 11.1. The molecule has 0 aliphatic carbocycles. The number of carboxylic acid groups (broad SMARTS) is 1. The molecule has 0 saturated carbocycles. The molecule has 0 bridgehead atoms. The molecule has 0 spiro atoms. The lowest BCUT2D eigenvalue weighted by Crippen LogP contribution is -2.41. The molecule has 3 atom stereocenters. The van der Waals surface area contributed by atoms with E-state index in [1.54, 1.807) is 0 Å². The van der Waals surface area contributed by atoms with Crippen molar-refractivity contribution in [1.29, 1.82) is 0 Å². The first kappa shape index (κ1) is 8.99. The molecule has 0 aromatic heterocycles. The van der Waals surface area contributed by atoms with Crippen LogP contribution < -0.4 is 11.1 Å². The number of nitrogens with one attached hydrogen (secondary N) is 1. The Hall–Kier alpha value is -1.10. The first-order chi connectivity index (χ1) is 5.57. The number of carboxylic acids is 1. The second kappa shape index (κ2) is 3.10. The maximum Gasteiger partial charge on any atom is 0.320 e. The van der Waals surface area contributed by atoms with Crippen LogP contribution in [-0.4, -0.2) is 29.1 Å². The predicted octanol–water partition coefficient (Wildman–Crippen LogP) is -1.08. The van der Waals surface area contributed by atoms with E-state index >= 15 is 0 Å². The van der Waals surface area contributed by atoms with Crippen LogP contribution in [0.5, 0.6) is 0 Å². The van der Waals surface area contributed by atoms with E-state index in [0.717, 1.165) is 0 Å². The van der Waals surface area contributed by atoms with E-state index in [9.17, 15) is 9.59 Å². The number of hydrogen-bond acceptors (Lipinski definition) is 3. The highest BCUT2D eigenvalue weighted by atomic mass is 16.4. The summed E-state index contributed by atoms with van der Waals surface area (Å²) in [5.74, 6) is -1.43. The Morgan fingerprint density at radius 1 is 1.83 bits per heavy atom. The molecule has 0 aromatic carbocycles. The van der Waals surface area contributed by atoms with E-state index in [2.05, 4.69) is 5.32 Å². The quantitative estimate of drug-likeness (QED) is 0.469. The summed E-state index contributed by atoms with van der Waals surface area (Å²) in [5.41, 5.74) is 5.38. The van der Waals surface area contributed by atoms with E-state index in [1.807, 2.05) is 6.92 Å². The van der Waals surface area contributed by atoms with Crippen LogP contribution in [0.4, 0.5) is 0 Å². The van der Waals surface area contributed by atoms with Crippen molar-refractivity contribution in [2.24, 2.45) is 11.7 Å². The van der Waals surface area contributed by atoms with E-state index < -0.39 is 12.0 Å². The zero-order valence-electron chi connectivity index (χ0n) is 6.78. The summed E-state index contributed by atoms with van der Waals surface area (Å²) in [7, 11) is 0. The third-order valence-electron chi connectivity index (χ3n) is 2.14. The molecule has 1 rings (SSSR count). The average Bonchev–Trinajstić information content (AvgIpc) is 2.68. The smallest absolute Gasteiger partial charge is 0.320 e. The Kier molecular flexibility index (Phi) is 2.32. The van der Waals surface area contributed by atoms with E-state index in [0.29, 0.717) is 6.42 Å². The Morgan fingerprint density at radius 2 is 2.33 bits per heavy atom. The van der Waals surface area contributed by atoms with Gasteiger partial charge in [-0.25, -0.2) is 0 Å². The normalized spacial score (nSPS) is 25.8. The van der Waals surface area contributed by atoms with Crippen molar-refractivity contribution in [1.82, 2.24) is 5.32 Å². The number of aliphatic carboxylic acids is 1. The lowest BCUT2D eigenvalue weighted by atomic mass is 9.94. The summed E-state index contributed by atoms with van der Waals surface area (Å²) in [6, 6.07) is -1.28. The molecule has 12 heavy (non-hydrogen) atoms. The fraction of sp³-hybridized carbons (Fsp3) is 0.714. The van der Waals surface area contributed by atoms with Gasteiger partial charge in [-0.15, -0.1) is 0 Å². The Morgan fingerprint density at radius 3 is 2.58 bits per heavy atom. The summed E-state index contributed by atoms with van der Waals surface area (Å²) in [6.45, 7) is 1.82. The second-order valence-electron chi connectivity index (χ2n) is 2.92. The fourth-order valence-corrected chi connectivity index (χ4v) is 1.29. The maximum atomic E-state index is 10.7. The van der Waals surface area contributed by atoms with Crippen LogP contribution in [0.25, 0.3) is 0 Å². The van der Waals surface area contributed by atoms with E-state index in [1.165, 1.54) is 0 Å². The molecule has 68 valence electrons. The summed E-state index contributed by atoms with van der Waals surface area (Å²) in [6.07, 6.45) is 0.594. The van der Waals surface area contributed by atoms with Gasteiger partial charge in [-0.1, -0.05) is 6.92 Å². The van der Waals surface area contributed by atoms with Crippen LogP contribution in [0.2, 0.25) is 0 Å². The van der Waals surface area contributed by atoms with E-state index in [4.69, 9.17) is 10.8 Å². The molecular formula is C7H12N2O3. The lowest BCUT2D eigenvalue weighted by molar-refractivity contribution is -0.139. The van der Waals surface area contributed by atoms with E-state index in [-0.39, 0.29) is 17.9 Å². The third kappa shape index (κ3) is 1.55. The predicted molar refractivity (Wildman–Crippen MR) is 41.3 cm³/mol. The van der Waals surface area contributed by atoms with Crippen molar-refractivity contribution >= 4 is 11.9 Å². The standard InChI is InChI=1S/C7H12N2O3/c1-2-3(4(8)7(11)12)5-6(10)9-5/h3-5H,2,8H2,1H3,(H,9,10)(H,11,12)/t3-,4?,5?/m1/s1. The lowest BCUT2D eigenvalue weighted by Gasteiger charge is -2.15. The number of carbonyl (C=O) groups is 2. The third-order valence-corrected chi connectivity index (χ3v) is 2.14. The molecule has 5 heteroatoms. The van der Waals surface area contributed by atoms with Gasteiger partial charge in [0.25, 0.3) is 0 Å². The minimum Gasteiger partial charge on any atom is -0.480 e. The molecule has 0 aromatic rings. The maximum absolute atomic E-state index is 10.7. The van der Waals surface area contributed by atoms with Gasteiger partial charge in [0.1, 0.15) is 12.1 Å². The van der Waals surface area contributed by atoms with Crippen LogP contribution in [-0.2, 0) is 9.59 Å². The first-order valence-electron chi connectivity index (χ1n) is 3.86. The molecule has 2 unspecified atom stereocenters. The number of carbonyl (C=O) groups excluding carboxylic acids is 1. The number of rotatable bonds is 4. The van der Waals surface area contributed by atoms with Gasteiger partial charge in [0, 0.05) is 5.92 Å². The van der Waals surface area contributed by atoms with Gasteiger partial charge < -0.3 is 16.2 Å². The Bertz CT molecular complexity index is 217. The molecule has 0 radical (unpaired) electrons. The van der Waals surface area contributed by atoms with Crippen LogP contribution in [0.3, 0.4) is 0 Å². The van der Waals surface area contributed by atoms with Gasteiger partial charge in [-0.05, 0) is 6.42 Å². The van der Waals surface area contributed by atoms with Crippen LogP contribution in [0.1, 0.15) is 13.3 Å². The highest BCUT2D eigenvalue weighted by molar-refractivity contribution is 5.97. The molecule has 4 N–H and O–H groups in total. The molecule has 1 amide bonds. The van der Waals surface area contributed by atoms with Crippen LogP contribution >= 0.6 is 0 Å². The highest BCUT2D eigenvalue weighted by Gasteiger charge is 2.44. The average molecular weight is 172 g/mol. The molecular weight excluding hydrogens is 160 g/mol. The molecule has 1 aliphatic rings. The van der Waals surface area contributed by atoms with Crippen LogP contribution in [0, 0.1) is 5.92 Å². The van der Waals surface area contributed by atoms with Gasteiger partial charge >= 0.3 is 5.97 Å². The van der Waals surface area contributed by atoms with Crippen molar-refractivity contribution in [3.8, 4) is 0 Å². The van der Waals surface area contributed by atoms with Crippen LogP contribution in [0.15, 0.2) is 0 Å². The van der Waals surface area contributed by atoms with Gasteiger partial charge in [0.05, 0.1) is 0 Å². The van der Waals surface area contributed by atoms with Crippen molar-refractivity contribution in [3.05, 3.63) is 0 Å². The topological polar surface area (TPSA) is 102 Å². The molecule has 1 fully saturated rings. The zero-order valence-corrected chi connectivity index (χ0v) is 6.78. The minimum atomic E-state index is -1.05. The summed E-state index contributed by atoms with van der Waals surface area (Å²) in [4.78, 5) is 21.1. The largest absolute Gasteiger partial charge is 0.480 e. The second-order valence-corrected chi connectivity index (χ2v) is 2.92. The monoisotopic (exact) mass is 172 g/mol. The van der Waals surface area contributed by atoms with Crippen molar-refractivity contribution < 1.29 is 14.7 Å². The number of hydrogen-bond donors (Lipinski definition) is 3. The van der Waals surface area contributed by atoms with Crippen molar-refractivity contribution in [2.45, 2.75) is 25.4 Å².